The van der Waals surface area contributed by atoms with Crippen molar-refractivity contribution in [2.45, 2.75) is 45.6 Å². The third-order valence-electron chi connectivity index (χ3n) is 4.13. The molecule has 0 aromatic heterocycles. The van der Waals surface area contributed by atoms with Gasteiger partial charge in [0.2, 0.25) is 0 Å². The average molecular weight is 246 g/mol. The van der Waals surface area contributed by atoms with E-state index in [0.717, 1.165) is 12.5 Å². The lowest BCUT2D eigenvalue weighted by atomic mass is 9.97. The van der Waals surface area contributed by atoms with E-state index in [0.29, 0.717) is 12.6 Å². The van der Waals surface area contributed by atoms with Crippen LogP contribution in [0.15, 0.2) is 18.2 Å². The lowest BCUT2D eigenvalue weighted by molar-refractivity contribution is 0.510. The van der Waals surface area contributed by atoms with E-state index >= 15 is 0 Å². The van der Waals surface area contributed by atoms with Gasteiger partial charge in [-0.05, 0) is 55.8 Å². The first-order chi connectivity index (χ1) is 8.72. The van der Waals surface area contributed by atoms with E-state index in [2.05, 4.69) is 37.4 Å². The summed E-state index contributed by atoms with van der Waals surface area (Å²) >= 11 is 0. The highest BCUT2D eigenvalue weighted by molar-refractivity contribution is 5.35. The minimum atomic E-state index is 0.309. The molecule has 100 valence electrons. The standard InChI is InChI=1S/C16H26N2/c1-12-5-3-7-15(13(12)2)16(11-17)18-10-4-6-14-8-9-14/h3,5,7,14,16,18H,4,6,8-11,17H2,1-2H3. The predicted molar refractivity (Wildman–Crippen MR) is 77.7 cm³/mol. The van der Waals surface area contributed by atoms with E-state index in [1.807, 2.05) is 0 Å². The number of hydrogen-bond acceptors (Lipinski definition) is 2. The monoisotopic (exact) mass is 246 g/mol. The van der Waals surface area contributed by atoms with Gasteiger partial charge in [0.05, 0.1) is 0 Å². The van der Waals surface area contributed by atoms with E-state index in [-0.39, 0.29) is 0 Å². The lowest BCUT2D eigenvalue weighted by Gasteiger charge is -2.20. The Balaban J connectivity index is 1.87. The number of nitrogens with two attached hydrogens (primary N) is 1. The minimum absolute atomic E-state index is 0.309. The van der Waals surface area contributed by atoms with Crippen LogP contribution in [0.25, 0.3) is 0 Å². The van der Waals surface area contributed by atoms with Crippen molar-refractivity contribution in [2.24, 2.45) is 11.7 Å². The van der Waals surface area contributed by atoms with Crippen LogP contribution in [0.1, 0.15) is 48.4 Å². The van der Waals surface area contributed by atoms with Crippen molar-refractivity contribution in [1.29, 1.82) is 0 Å². The molecule has 2 heteroatoms. The Morgan fingerprint density at radius 3 is 2.78 bits per heavy atom. The summed E-state index contributed by atoms with van der Waals surface area (Å²) in [6.07, 6.45) is 5.58. The van der Waals surface area contributed by atoms with Crippen LogP contribution in [-0.2, 0) is 0 Å². The van der Waals surface area contributed by atoms with Crippen LogP contribution in [0.4, 0.5) is 0 Å². The van der Waals surface area contributed by atoms with Gasteiger partial charge >= 0.3 is 0 Å². The minimum Gasteiger partial charge on any atom is -0.329 e. The van der Waals surface area contributed by atoms with E-state index in [1.165, 1.54) is 42.4 Å². The maximum absolute atomic E-state index is 5.92. The second-order valence-electron chi connectivity index (χ2n) is 5.62. The SMILES string of the molecule is Cc1cccc(C(CN)NCCCC2CC2)c1C. The van der Waals surface area contributed by atoms with E-state index < -0.39 is 0 Å². The summed E-state index contributed by atoms with van der Waals surface area (Å²) in [4.78, 5) is 0. The molecule has 1 aliphatic rings. The molecule has 1 aromatic carbocycles. The van der Waals surface area contributed by atoms with Crippen LogP contribution < -0.4 is 11.1 Å². The third kappa shape index (κ3) is 3.56. The molecule has 1 atom stereocenters. The fourth-order valence-corrected chi connectivity index (χ4v) is 2.55. The van der Waals surface area contributed by atoms with Crippen molar-refractivity contribution in [3.05, 3.63) is 34.9 Å². The molecule has 2 rings (SSSR count). The first-order valence-corrected chi connectivity index (χ1v) is 7.22. The maximum Gasteiger partial charge on any atom is 0.0447 e. The predicted octanol–water partition coefficient (Wildman–Crippen LogP) is 3.08. The lowest BCUT2D eigenvalue weighted by Crippen LogP contribution is -2.29. The second-order valence-corrected chi connectivity index (χ2v) is 5.62. The highest BCUT2D eigenvalue weighted by atomic mass is 14.9. The summed E-state index contributed by atoms with van der Waals surface area (Å²) in [6, 6.07) is 6.81. The Kier molecular flexibility index (Phi) is 4.79. The van der Waals surface area contributed by atoms with Gasteiger partial charge in [-0.2, -0.15) is 0 Å². The van der Waals surface area contributed by atoms with Gasteiger partial charge in [0, 0.05) is 12.6 Å². The summed E-state index contributed by atoms with van der Waals surface area (Å²) in [5.41, 5.74) is 10.0. The highest BCUT2D eigenvalue weighted by Crippen LogP contribution is 2.33. The molecular formula is C16H26N2. The fourth-order valence-electron chi connectivity index (χ4n) is 2.55. The molecule has 0 spiro atoms. The van der Waals surface area contributed by atoms with Gasteiger partial charge in [-0.3, -0.25) is 0 Å². The van der Waals surface area contributed by atoms with Gasteiger partial charge in [0.15, 0.2) is 0 Å². The molecule has 0 heterocycles. The molecule has 0 amide bonds. The molecule has 0 aliphatic heterocycles. The van der Waals surface area contributed by atoms with Crippen molar-refractivity contribution in [2.75, 3.05) is 13.1 Å². The second kappa shape index (κ2) is 6.35. The Hall–Kier alpha value is -0.860. The zero-order valence-electron chi connectivity index (χ0n) is 11.7. The zero-order valence-corrected chi connectivity index (χ0v) is 11.7. The molecule has 1 aliphatic carbocycles. The number of benzene rings is 1. The highest BCUT2D eigenvalue weighted by Gasteiger charge is 2.20. The third-order valence-corrected chi connectivity index (χ3v) is 4.13. The first-order valence-electron chi connectivity index (χ1n) is 7.22. The van der Waals surface area contributed by atoms with Crippen LogP contribution in [0, 0.1) is 19.8 Å². The summed E-state index contributed by atoms with van der Waals surface area (Å²) in [5.74, 6) is 1.03. The van der Waals surface area contributed by atoms with Gasteiger partial charge in [0.25, 0.3) is 0 Å². The molecule has 3 N–H and O–H groups in total. The normalized spacial score (nSPS) is 16.8. The van der Waals surface area contributed by atoms with Crippen LogP contribution in [0.3, 0.4) is 0 Å². The molecule has 1 unspecified atom stereocenters. The summed E-state index contributed by atoms with van der Waals surface area (Å²) in [6.45, 7) is 6.12. The topological polar surface area (TPSA) is 38.0 Å². The summed E-state index contributed by atoms with van der Waals surface area (Å²) in [5, 5.41) is 3.61. The zero-order chi connectivity index (χ0) is 13.0. The molecule has 2 nitrogen and oxygen atoms in total. The molecule has 1 fully saturated rings. The van der Waals surface area contributed by atoms with Crippen molar-refractivity contribution in [3.8, 4) is 0 Å². The maximum atomic E-state index is 5.92. The van der Waals surface area contributed by atoms with Crippen molar-refractivity contribution >= 4 is 0 Å². The van der Waals surface area contributed by atoms with Gasteiger partial charge in [0.1, 0.15) is 0 Å². The van der Waals surface area contributed by atoms with Gasteiger partial charge in [-0.1, -0.05) is 31.0 Å². The molecule has 1 saturated carbocycles. The summed E-state index contributed by atoms with van der Waals surface area (Å²) in [7, 11) is 0. The first kappa shape index (κ1) is 13.6. The largest absolute Gasteiger partial charge is 0.329 e. The van der Waals surface area contributed by atoms with Crippen molar-refractivity contribution in [3.63, 3.8) is 0 Å². The molecule has 0 radical (unpaired) electrons. The molecule has 1 aromatic rings. The van der Waals surface area contributed by atoms with Gasteiger partial charge < -0.3 is 11.1 Å². The molecular weight excluding hydrogens is 220 g/mol. The van der Waals surface area contributed by atoms with Crippen LogP contribution >= 0.6 is 0 Å². The molecule has 0 bridgehead atoms. The van der Waals surface area contributed by atoms with Crippen LogP contribution in [-0.4, -0.2) is 13.1 Å². The van der Waals surface area contributed by atoms with Gasteiger partial charge in [-0.15, -0.1) is 0 Å². The van der Waals surface area contributed by atoms with E-state index in [9.17, 15) is 0 Å². The Labute approximate surface area is 111 Å². The van der Waals surface area contributed by atoms with Crippen molar-refractivity contribution in [1.82, 2.24) is 5.32 Å². The number of rotatable bonds is 7. The Morgan fingerprint density at radius 1 is 1.33 bits per heavy atom. The van der Waals surface area contributed by atoms with E-state index in [4.69, 9.17) is 5.73 Å². The van der Waals surface area contributed by atoms with E-state index in [1.54, 1.807) is 0 Å². The number of hydrogen-bond donors (Lipinski definition) is 2. The molecule has 18 heavy (non-hydrogen) atoms. The molecule has 0 saturated heterocycles. The number of nitrogens with one attached hydrogen (secondary N) is 1. The van der Waals surface area contributed by atoms with Crippen molar-refractivity contribution < 1.29 is 0 Å². The van der Waals surface area contributed by atoms with Crippen LogP contribution in [0.2, 0.25) is 0 Å². The Morgan fingerprint density at radius 2 is 2.11 bits per heavy atom. The smallest absolute Gasteiger partial charge is 0.0447 e. The summed E-state index contributed by atoms with van der Waals surface area (Å²) < 4.78 is 0. The quantitative estimate of drug-likeness (QED) is 0.726. The number of aryl methyl sites for hydroxylation is 1. The fraction of sp³-hybridized carbons (Fsp3) is 0.625. The van der Waals surface area contributed by atoms with Crippen LogP contribution in [0.5, 0.6) is 0 Å². The Bertz CT molecular complexity index is 383. The average Bonchev–Trinajstić information content (AvgIpc) is 3.18. The van der Waals surface area contributed by atoms with Gasteiger partial charge in [-0.25, -0.2) is 0 Å².